The number of benzene rings is 1. The van der Waals surface area contributed by atoms with Crippen molar-refractivity contribution in [1.82, 2.24) is 15.2 Å². The highest BCUT2D eigenvalue weighted by molar-refractivity contribution is 5.92. The van der Waals surface area contributed by atoms with E-state index in [2.05, 4.69) is 10.3 Å². The number of rotatable bonds is 6. The summed E-state index contributed by atoms with van der Waals surface area (Å²) in [6, 6.07) is 7.14. The van der Waals surface area contributed by atoms with Crippen LogP contribution in [0.15, 0.2) is 51.7 Å². The van der Waals surface area contributed by atoms with Crippen molar-refractivity contribution in [2.75, 3.05) is 7.05 Å². The van der Waals surface area contributed by atoms with Crippen LogP contribution in [0.1, 0.15) is 40.5 Å². The molecule has 0 fully saturated rings. The quantitative estimate of drug-likeness (QED) is 0.625. The first kappa shape index (κ1) is 19.5. The molecule has 148 valence electrons. The SMILES string of the molecule is CC(c1ccon1)N(C)C(=O)c1cc(COc2cccc(C(F)(F)F)c2)on1. The summed E-state index contributed by atoms with van der Waals surface area (Å²) in [7, 11) is 1.58. The van der Waals surface area contributed by atoms with Gasteiger partial charge in [-0.1, -0.05) is 16.4 Å². The molecule has 0 N–H and O–H groups in total. The lowest BCUT2D eigenvalue weighted by Crippen LogP contribution is -2.30. The second kappa shape index (κ2) is 7.75. The van der Waals surface area contributed by atoms with Gasteiger partial charge in [0.2, 0.25) is 0 Å². The van der Waals surface area contributed by atoms with Crippen LogP contribution in [0.5, 0.6) is 5.75 Å². The van der Waals surface area contributed by atoms with Crippen LogP contribution in [0.3, 0.4) is 0 Å². The summed E-state index contributed by atoms with van der Waals surface area (Å²) >= 11 is 0. The van der Waals surface area contributed by atoms with E-state index in [0.29, 0.717) is 5.69 Å². The van der Waals surface area contributed by atoms with Crippen molar-refractivity contribution in [2.45, 2.75) is 25.7 Å². The lowest BCUT2D eigenvalue weighted by atomic mass is 10.2. The third-order valence-corrected chi connectivity index (χ3v) is 4.11. The van der Waals surface area contributed by atoms with Crippen LogP contribution in [0, 0.1) is 0 Å². The Balaban J connectivity index is 1.63. The van der Waals surface area contributed by atoms with E-state index in [4.69, 9.17) is 13.8 Å². The molecule has 0 aliphatic rings. The highest BCUT2D eigenvalue weighted by Crippen LogP contribution is 2.31. The summed E-state index contributed by atoms with van der Waals surface area (Å²) in [5.74, 6) is -0.191. The lowest BCUT2D eigenvalue weighted by molar-refractivity contribution is -0.137. The molecular weight excluding hydrogens is 379 g/mol. The topological polar surface area (TPSA) is 81.6 Å². The van der Waals surface area contributed by atoms with Crippen molar-refractivity contribution >= 4 is 5.91 Å². The number of nitrogens with zero attached hydrogens (tertiary/aromatic N) is 3. The minimum absolute atomic E-state index is 0.0240. The molecule has 1 amide bonds. The fourth-order valence-corrected chi connectivity index (χ4v) is 2.39. The lowest BCUT2D eigenvalue weighted by Gasteiger charge is -2.21. The average molecular weight is 395 g/mol. The van der Waals surface area contributed by atoms with Crippen molar-refractivity contribution in [3.05, 3.63) is 65.4 Å². The van der Waals surface area contributed by atoms with Crippen molar-refractivity contribution in [3.8, 4) is 5.75 Å². The zero-order valence-electron chi connectivity index (χ0n) is 14.9. The third kappa shape index (κ3) is 4.33. The molecule has 1 aromatic carbocycles. The summed E-state index contributed by atoms with van der Waals surface area (Å²) in [6.45, 7) is 1.59. The molecule has 0 saturated heterocycles. The first-order valence-corrected chi connectivity index (χ1v) is 8.19. The van der Waals surface area contributed by atoms with Gasteiger partial charge < -0.3 is 18.7 Å². The molecule has 10 heteroatoms. The number of amides is 1. The average Bonchev–Trinajstić information content (AvgIpc) is 3.36. The predicted molar refractivity (Wildman–Crippen MR) is 89.3 cm³/mol. The van der Waals surface area contributed by atoms with Crippen LogP contribution in [-0.4, -0.2) is 28.2 Å². The zero-order chi connectivity index (χ0) is 20.3. The Morgan fingerprint density at radius 3 is 2.71 bits per heavy atom. The first-order valence-electron chi connectivity index (χ1n) is 8.19. The predicted octanol–water partition coefficient (Wildman–Crippen LogP) is 4.09. The van der Waals surface area contributed by atoms with Crippen molar-refractivity contribution in [2.24, 2.45) is 0 Å². The molecule has 0 aliphatic heterocycles. The number of hydrogen-bond acceptors (Lipinski definition) is 6. The molecule has 3 aromatic rings. The molecule has 0 aliphatic carbocycles. The molecule has 7 nitrogen and oxygen atoms in total. The monoisotopic (exact) mass is 395 g/mol. The normalized spacial score (nSPS) is 12.6. The van der Waals surface area contributed by atoms with Gasteiger partial charge in [0.1, 0.15) is 24.3 Å². The summed E-state index contributed by atoms with van der Waals surface area (Å²) in [4.78, 5) is 13.9. The van der Waals surface area contributed by atoms with Gasteiger partial charge >= 0.3 is 6.18 Å². The second-order valence-corrected chi connectivity index (χ2v) is 6.01. The largest absolute Gasteiger partial charge is 0.486 e. The maximum absolute atomic E-state index is 12.7. The number of alkyl halides is 3. The molecule has 0 radical (unpaired) electrons. The second-order valence-electron chi connectivity index (χ2n) is 6.01. The highest BCUT2D eigenvalue weighted by Gasteiger charge is 2.30. The van der Waals surface area contributed by atoms with Gasteiger partial charge in [-0.15, -0.1) is 0 Å². The van der Waals surface area contributed by atoms with Crippen molar-refractivity contribution in [3.63, 3.8) is 0 Å². The Bertz CT molecular complexity index is 938. The van der Waals surface area contributed by atoms with Gasteiger partial charge in [0, 0.05) is 19.2 Å². The van der Waals surface area contributed by atoms with E-state index < -0.39 is 17.6 Å². The molecule has 2 aromatic heterocycles. The number of ether oxygens (including phenoxy) is 1. The van der Waals surface area contributed by atoms with E-state index in [-0.39, 0.29) is 29.9 Å². The van der Waals surface area contributed by atoms with Gasteiger partial charge in [-0.2, -0.15) is 13.2 Å². The van der Waals surface area contributed by atoms with Gasteiger partial charge in [-0.3, -0.25) is 4.79 Å². The Morgan fingerprint density at radius 2 is 2.04 bits per heavy atom. The van der Waals surface area contributed by atoms with Crippen LogP contribution in [0.2, 0.25) is 0 Å². The zero-order valence-corrected chi connectivity index (χ0v) is 14.9. The number of carbonyl (C=O) groups excluding carboxylic acids is 1. The molecule has 28 heavy (non-hydrogen) atoms. The minimum atomic E-state index is -4.46. The molecular formula is C18H16F3N3O4. The summed E-state index contributed by atoms with van der Waals surface area (Å²) < 4.78 is 53.3. The Labute approximate surface area is 157 Å². The minimum Gasteiger partial charge on any atom is -0.486 e. The third-order valence-electron chi connectivity index (χ3n) is 4.11. The maximum Gasteiger partial charge on any atom is 0.416 e. The first-order chi connectivity index (χ1) is 13.3. The van der Waals surface area contributed by atoms with Crippen molar-refractivity contribution < 1.29 is 31.7 Å². The van der Waals surface area contributed by atoms with Gasteiger partial charge in [0.15, 0.2) is 11.5 Å². The Kier molecular flexibility index (Phi) is 5.39. The van der Waals surface area contributed by atoms with E-state index >= 15 is 0 Å². The number of hydrogen-bond donors (Lipinski definition) is 0. The standard InChI is InChI=1S/C18H16F3N3O4/c1-11(15-6-7-27-22-15)24(2)17(25)16-9-14(28-23-16)10-26-13-5-3-4-12(8-13)18(19,20)21/h3-9,11H,10H2,1-2H3. The number of halogens is 3. The Morgan fingerprint density at radius 1 is 1.25 bits per heavy atom. The van der Waals surface area contributed by atoms with E-state index in [1.54, 1.807) is 20.0 Å². The smallest absolute Gasteiger partial charge is 0.416 e. The molecule has 0 saturated carbocycles. The molecule has 3 rings (SSSR count). The molecule has 0 spiro atoms. The van der Waals surface area contributed by atoms with Gasteiger partial charge in [0.05, 0.1) is 11.6 Å². The highest BCUT2D eigenvalue weighted by atomic mass is 19.4. The molecule has 1 unspecified atom stereocenters. The van der Waals surface area contributed by atoms with Gasteiger partial charge in [0.25, 0.3) is 5.91 Å². The number of carbonyl (C=O) groups is 1. The fourth-order valence-electron chi connectivity index (χ4n) is 2.39. The summed E-state index contributed by atoms with van der Waals surface area (Å²) in [5, 5.41) is 7.49. The van der Waals surface area contributed by atoms with E-state index in [1.165, 1.54) is 29.4 Å². The van der Waals surface area contributed by atoms with Crippen LogP contribution in [0.4, 0.5) is 13.2 Å². The summed E-state index contributed by atoms with van der Waals surface area (Å²) in [6.07, 6.45) is -3.06. The fraction of sp³-hybridized carbons (Fsp3) is 0.278. The van der Waals surface area contributed by atoms with Crippen LogP contribution in [-0.2, 0) is 12.8 Å². The summed E-state index contributed by atoms with van der Waals surface area (Å²) in [5.41, 5.74) is -0.199. The van der Waals surface area contributed by atoms with Crippen molar-refractivity contribution in [1.29, 1.82) is 0 Å². The molecule has 2 heterocycles. The van der Waals surface area contributed by atoms with Gasteiger partial charge in [-0.05, 0) is 25.1 Å². The van der Waals surface area contributed by atoms with Crippen LogP contribution >= 0.6 is 0 Å². The number of aromatic nitrogens is 2. The molecule has 0 bridgehead atoms. The van der Waals surface area contributed by atoms with Crippen LogP contribution < -0.4 is 4.74 Å². The van der Waals surface area contributed by atoms with Gasteiger partial charge in [-0.25, -0.2) is 0 Å². The van der Waals surface area contributed by atoms with E-state index in [9.17, 15) is 18.0 Å². The molecule has 1 atom stereocenters. The van der Waals surface area contributed by atoms with E-state index in [1.807, 2.05) is 0 Å². The van der Waals surface area contributed by atoms with Crippen LogP contribution in [0.25, 0.3) is 0 Å². The van der Waals surface area contributed by atoms with E-state index in [0.717, 1.165) is 12.1 Å². The Hall–Kier alpha value is -3.30. The maximum atomic E-state index is 12.7.